The minimum absolute atomic E-state index is 0.179. The van der Waals surface area contributed by atoms with E-state index in [1.807, 2.05) is 49.4 Å². The number of methoxy groups -OCH3 is 1. The highest BCUT2D eigenvalue weighted by Crippen LogP contribution is 2.25. The number of halogens is 1. The van der Waals surface area contributed by atoms with Crippen LogP contribution in [0.4, 0.5) is 0 Å². The summed E-state index contributed by atoms with van der Waals surface area (Å²) in [6, 6.07) is 21.2. The summed E-state index contributed by atoms with van der Waals surface area (Å²) in [6.07, 6.45) is 0. The van der Waals surface area contributed by atoms with Gasteiger partial charge in [-0.2, -0.15) is 0 Å². The number of amides is 1. The molecule has 0 spiro atoms. The maximum atomic E-state index is 13.5. The van der Waals surface area contributed by atoms with E-state index >= 15 is 0 Å². The summed E-state index contributed by atoms with van der Waals surface area (Å²) >= 11 is 3.44. The molecule has 0 aliphatic carbocycles. The number of carbonyl (C=O) groups excluding carboxylic acids is 1. The number of rotatable bonds is 5. The SMILES string of the molecule is COc1cccc(C(=O)N(C)C(C)c2nc3ccccc3c(=O)n2-c2ccc(Br)cc2)c1. The molecule has 1 amide bonds. The first-order valence-corrected chi connectivity index (χ1v) is 10.9. The second kappa shape index (κ2) is 8.96. The lowest BCUT2D eigenvalue weighted by atomic mass is 10.1. The molecule has 0 radical (unpaired) electrons. The lowest BCUT2D eigenvalue weighted by Crippen LogP contribution is -2.34. The Morgan fingerprint density at radius 3 is 2.50 bits per heavy atom. The molecule has 0 bridgehead atoms. The lowest BCUT2D eigenvalue weighted by Gasteiger charge is -2.27. The zero-order valence-corrected chi connectivity index (χ0v) is 19.5. The van der Waals surface area contributed by atoms with E-state index in [1.54, 1.807) is 54.0 Å². The third-order valence-corrected chi connectivity index (χ3v) is 6.01. The van der Waals surface area contributed by atoms with Gasteiger partial charge in [0, 0.05) is 17.1 Å². The van der Waals surface area contributed by atoms with Crippen LogP contribution in [0.25, 0.3) is 16.6 Å². The highest BCUT2D eigenvalue weighted by Gasteiger charge is 2.25. The molecule has 32 heavy (non-hydrogen) atoms. The van der Waals surface area contributed by atoms with Crippen molar-refractivity contribution in [2.24, 2.45) is 0 Å². The van der Waals surface area contributed by atoms with E-state index < -0.39 is 6.04 Å². The Balaban J connectivity index is 1.85. The molecule has 0 aliphatic heterocycles. The molecule has 0 N–H and O–H groups in total. The second-order valence-corrected chi connectivity index (χ2v) is 8.34. The maximum Gasteiger partial charge on any atom is 0.266 e. The van der Waals surface area contributed by atoms with Gasteiger partial charge in [0.05, 0.1) is 29.7 Å². The van der Waals surface area contributed by atoms with Gasteiger partial charge in [0.25, 0.3) is 11.5 Å². The highest BCUT2D eigenvalue weighted by molar-refractivity contribution is 9.10. The Hall–Kier alpha value is -3.45. The first kappa shape index (κ1) is 21.8. The molecule has 0 fully saturated rings. The number of carbonyl (C=O) groups is 1. The number of aromatic nitrogens is 2. The topological polar surface area (TPSA) is 64.4 Å². The van der Waals surface area contributed by atoms with Crippen molar-refractivity contribution in [2.75, 3.05) is 14.2 Å². The Morgan fingerprint density at radius 2 is 1.78 bits per heavy atom. The van der Waals surface area contributed by atoms with Crippen LogP contribution in [-0.2, 0) is 0 Å². The van der Waals surface area contributed by atoms with E-state index in [2.05, 4.69) is 15.9 Å². The molecule has 6 nitrogen and oxygen atoms in total. The van der Waals surface area contributed by atoms with Gasteiger partial charge in [-0.15, -0.1) is 0 Å². The molecule has 4 aromatic rings. The van der Waals surface area contributed by atoms with E-state index in [-0.39, 0.29) is 11.5 Å². The van der Waals surface area contributed by atoms with Crippen LogP contribution in [0.2, 0.25) is 0 Å². The van der Waals surface area contributed by atoms with Gasteiger partial charge in [-0.05, 0) is 61.5 Å². The van der Waals surface area contributed by atoms with Crippen LogP contribution < -0.4 is 10.3 Å². The molecule has 1 heterocycles. The molecular formula is C25H22BrN3O3. The van der Waals surface area contributed by atoms with Crippen molar-refractivity contribution in [1.29, 1.82) is 0 Å². The second-order valence-electron chi connectivity index (χ2n) is 7.43. The average molecular weight is 492 g/mol. The monoisotopic (exact) mass is 491 g/mol. The van der Waals surface area contributed by atoms with Crippen LogP contribution in [-0.4, -0.2) is 34.5 Å². The summed E-state index contributed by atoms with van der Waals surface area (Å²) in [5.74, 6) is 0.892. The zero-order chi connectivity index (χ0) is 22.8. The molecule has 1 unspecified atom stereocenters. The third kappa shape index (κ3) is 4.03. The minimum Gasteiger partial charge on any atom is -0.497 e. The van der Waals surface area contributed by atoms with Crippen molar-refractivity contribution >= 4 is 32.7 Å². The summed E-state index contributed by atoms with van der Waals surface area (Å²) in [5, 5.41) is 0.521. The van der Waals surface area contributed by atoms with Gasteiger partial charge in [-0.25, -0.2) is 4.98 Å². The van der Waals surface area contributed by atoms with Gasteiger partial charge in [-0.3, -0.25) is 14.2 Å². The third-order valence-electron chi connectivity index (χ3n) is 5.48. The van der Waals surface area contributed by atoms with Crippen molar-refractivity contribution in [2.45, 2.75) is 13.0 Å². The normalized spacial score (nSPS) is 11.9. The van der Waals surface area contributed by atoms with Gasteiger partial charge >= 0.3 is 0 Å². The van der Waals surface area contributed by atoms with Crippen molar-refractivity contribution < 1.29 is 9.53 Å². The number of ether oxygens (including phenoxy) is 1. The van der Waals surface area contributed by atoms with Crippen LogP contribution in [0.1, 0.15) is 29.1 Å². The molecule has 0 saturated carbocycles. The van der Waals surface area contributed by atoms with E-state index in [1.165, 1.54) is 0 Å². The minimum atomic E-state index is -0.477. The van der Waals surface area contributed by atoms with Gasteiger partial charge in [-0.1, -0.05) is 34.1 Å². The lowest BCUT2D eigenvalue weighted by molar-refractivity contribution is 0.0734. The summed E-state index contributed by atoms with van der Waals surface area (Å²) < 4.78 is 7.73. The van der Waals surface area contributed by atoms with Crippen molar-refractivity contribution in [3.63, 3.8) is 0 Å². The number of nitrogens with zero attached hydrogens (tertiary/aromatic N) is 3. The predicted molar refractivity (Wildman–Crippen MR) is 129 cm³/mol. The molecule has 3 aromatic carbocycles. The molecule has 7 heteroatoms. The van der Waals surface area contributed by atoms with Crippen LogP contribution in [0.5, 0.6) is 5.75 Å². The van der Waals surface area contributed by atoms with Gasteiger partial charge in [0.2, 0.25) is 0 Å². The molecule has 162 valence electrons. The molecular weight excluding hydrogens is 470 g/mol. The van der Waals surface area contributed by atoms with Gasteiger partial charge in [0.15, 0.2) is 0 Å². The fourth-order valence-corrected chi connectivity index (χ4v) is 3.84. The van der Waals surface area contributed by atoms with E-state index in [0.717, 1.165) is 4.47 Å². The summed E-state index contributed by atoms with van der Waals surface area (Å²) in [4.78, 5) is 33.1. The summed E-state index contributed by atoms with van der Waals surface area (Å²) in [7, 11) is 3.27. The Morgan fingerprint density at radius 1 is 1.06 bits per heavy atom. The molecule has 0 aliphatic rings. The Labute approximate surface area is 194 Å². The number of hydrogen-bond donors (Lipinski definition) is 0. The standard InChI is InChI=1S/C25H22BrN3O3/c1-16(28(2)24(30)17-7-6-8-20(15-17)32-3)23-27-22-10-5-4-9-21(22)25(31)29(23)19-13-11-18(26)12-14-19/h4-16H,1-3H3. The summed E-state index contributed by atoms with van der Waals surface area (Å²) in [6.45, 7) is 1.87. The number of benzene rings is 3. The fourth-order valence-electron chi connectivity index (χ4n) is 3.58. The van der Waals surface area contributed by atoms with Crippen LogP contribution >= 0.6 is 15.9 Å². The quantitative estimate of drug-likeness (QED) is 0.394. The first-order valence-electron chi connectivity index (χ1n) is 10.1. The molecule has 1 aromatic heterocycles. The highest BCUT2D eigenvalue weighted by atomic mass is 79.9. The molecule has 1 atom stereocenters. The molecule has 4 rings (SSSR count). The van der Waals surface area contributed by atoms with Crippen molar-refractivity contribution in [3.8, 4) is 11.4 Å². The number of para-hydroxylation sites is 1. The van der Waals surface area contributed by atoms with E-state index in [0.29, 0.717) is 33.7 Å². The number of hydrogen-bond acceptors (Lipinski definition) is 4. The van der Waals surface area contributed by atoms with Crippen molar-refractivity contribution in [1.82, 2.24) is 14.5 Å². The van der Waals surface area contributed by atoms with Gasteiger partial charge < -0.3 is 9.64 Å². The Bertz CT molecular complexity index is 1350. The largest absolute Gasteiger partial charge is 0.497 e. The van der Waals surface area contributed by atoms with E-state index in [9.17, 15) is 9.59 Å². The van der Waals surface area contributed by atoms with Crippen LogP contribution in [0, 0.1) is 0 Å². The van der Waals surface area contributed by atoms with E-state index in [4.69, 9.17) is 9.72 Å². The maximum absolute atomic E-state index is 13.5. The summed E-state index contributed by atoms with van der Waals surface area (Å²) in [5.41, 5.74) is 1.59. The predicted octanol–water partition coefficient (Wildman–Crippen LogP) is 4.99. The molecule has 0 saturated heterocycles. The number of fused-ring (bicyclic) bond motifs is 1. The van der Waals surface area contributed by atoms with Crippen molar-refractivity contribution in [3.05, 3.63) is 99.0 Å². The fraction of sp³-hybridized carbons (Fsp3) is 0.160. The smallest absolute Gasteiger partial charge is 0.266 e. The van der Waals surface area contributed by atoms with Crippen LogP contribution in [0.15, 0.2) is 82.1 Å². The van der Waals surface area contributed by atoms with Gasteiger partial charge in [0.1, 0.15) is 11.6 Å². The van der Waals surface area contributed by atoms with Crippen LogP contribution in [0.3, 0.4) is 0 Å². The first-order chi connectivity index (χ1) is 15.4. The average Bonchev–Trinajstić information content (AvgIpc) is 2.83. The zero-order valence-electron chi connectivity index (χ0n) is 17.9. The Kier molecular flexibility index (Phi) is 6.10.